The maximum absolute atomic E-state index is 12.0. The van der Waals surface area contributed by atoms with Crippen molar-refractivity contribution in [2.24, 2.45) is 0 Å². The third-order valence-corrected chi connectivity index (χ3v) is 3.69. The zero-order valence-corrected chi connectivity index (χ0v) is 12.9. The van der Waals surface area contributed by atoms with Crippen LogP contribution in [0.3, 0.4) is 0 Å². The Morgan fingerprint density at radius 2 is 2.05 bits per heavy atom. The van der Waals surface area contributed by atoms with Gasteiger partial charge >= 0.3 is 0 Å². The average molecular weight is 290 g/mol. The number of carbonyl (C=O) groups excluding carboxylic acids is 1. The summed E-state index contributed by atoms with van der Waals surface area (Å²) in [4.78, 5) is 12.0. The summed E-state index contributed by atoms with van der Waals surface area (Å²) in [6.07, 6.45) is 8.14. The van der Waals surface area contributed by atoms with Crippen LogP contribution in [0.2, 0.25) is 0 Å². The molecule has 21 heavy (non-hydrogen) atoms. The Hall–Kier alpha value is -1.71. The first-order chi connectivity index (χ1) is 10.2. The van der Waals surface area contributed by atoms with E-state index in [0.717, 1.165) is 19.3 Å². The van der Waals surface area contributed by atoms with Crippen molar-refractivity contribution in [3.8, 4) is 5.75 Å². The quantitative estimate of drug-likeness (QED) is 0.540. The standard InChI is InChI=1S/C17H26N2O2/c1-2-3-4-5-6-11-21-16-12-13(7-10-15(16)18)17(20)19-14-8-9-14/h7,10,12,14H,2-6,8-9,11,18H2,1H3,(H,19,20). The normalized spacial score (nSPS) is 14.0. The first-order valence-electron chi connectivity index (χ1n) is 8.04. The molecule has 1 saturated carbocycles. The van der Waals surface area contributed by atoms with Crippen LogP contribution < -0.4 is 15.8 Å². The first kappa shape index (κ1) is 15.7. The molecule has 0 aromatic heterocycles. The van der Waals surface area contributed by atoms with Crippen molar-refractivity contribution >= 4 is 11.6 Å². The highest BCUT2D eigenvalue weighted by molar-refractivity contribution is 5.95. The van der Waals surface area contributed by atoms with E-state index in [1.54, 1.807) is 18.2 Å². The molecule has 0 aliphatic heterocycles. The van der Waals surface area contributed by atoms with Gasteiger partial charge in [0.2, 0.25) is 0 Å². The number of nitrogens with one attached hydrogen (secondary N) is 1. The number of hydrogen-bond acceptors (Lipinski definition) is 3. The second-order valence-electron chi connectivity index (χ2n) is 5.76. The van der Waals surface area contributed by atoms with Gasteiger partial charge in [-0.2, -0.15) is 0 Å². The van der Waals surface area contributed by atoms with Crippen LogP contribution in [0.5, 0.6) is 5.75 Å². The highest BCUT2D eigenvalue weighted by Gasteiger charge is 2.24. The molecule has 0 saturated heterocycles. The fourth-order valence-electron chi connectivity index (χ4n) is 2.18. The van der Waals surface area contributed by atoms with E-state index in [1.165, 1.54) is 25.7 Å². The summed E-state index contributed by atoms with van der Waals surface area (Å²) in [5.41, 5.74) is 7.12. The van der Waals surface area contributed by atoms with Gasteiger partial charge in [0, 0.05) is 11.6 Å². The summed E-state index contributed by atoms with van der Waals surface area (Å²) < 4.78 is 5.72. The molecule has 1 aromatic carbocycles. The van der Waals surface area contributed by atoms with Crippen molar-refractivity contribution in [2.45, 2.75) is 57.9 Å². The average Bonchev–Trinajstić information content (AvgIpc) is 3.28. The van der Waals surface area contributed by atoms with Crippen LogP contribution in [-0.2, 0) is 0 Å². The minimum Gasteiger partial charge on any atom is -0.491 e. The summed E-state index contributed by atoms with van der Waals surface area (Å²) >= 11 is 0. The van der Waals surface area contributed by atoms with Crippen LogP contribution in [0.4, 0.5) is 5.69 Å². The lowest BCUT2D eigenvalue weighted by molar-refractivity contribution is 0.0950. The van der Waals surface area contributed by atoms with E-state index in [9.17, 15) is 4.79 Å². The van der Waals surface area contributed by atoms with Crippen molar-refractivity contribution < 1.29 is 9.53 Å². The third-order valence-electron chi connectivity index (χ3n) is 3.69. The van der Waals surface area contributed by atoms with Gasteiger partial charge in [-0.1, -0.05) is 32.6 Å². The molecule has 0 radical (unpaired) electrons. The summed E-state index contributed by atoms with van der Waals surface area (Å²) in [5, 5.41) is 2.97. The largest absolute Gasteiger partial charge is 0.491 e. The lowest BCUT2D eigenvalue weighted by atomic mass is 10.1. The molecule has 116 valence electrons. The molecule has 2 rings (SSSR count). The Balaban J connectivity index is 1.81. The van der Waals surface area contributed by atoms with Crippen LogP contribution in [0.1, 0.15) is 62.2 Å². The highest BCUT2D eigenvalue weighted by Crippen LogP contribution is 2.24. The van der Waals surface area contributed by atoms with Crippen LogP contribution >= 0.6 is 0 Å². The second kappa shape index (κ2) is 7.91. The molecule has 4 nitrogen and oxygen atoms in total. The highest BCUT2D eigenvalue weighted by atomic mass is 16.5. The van der Waals surface area contributed by atoms with Gasteiger partial charge in [-0.05, 0) is 37.5 Å². The molecule has 1 aliphatic rings. The molecule has 0 spiro atoms. The number of rotatable bonds is 9. The van der Waals surface area contributed by atoms with Gasteiger partial charge in [0.15, 0.2) is 0 Å². The monoisotopic (exact) mass is 290 g/mol. The lowest BCUT2D eigenvalue weighted by Gasteiger charge is -2.11. The number of nitrogens with two attached hydrogens (primary N) is 1. The van der Waals surface area contributed by atoms with Crippen molar-refractivity contribution in [3.63, 3.8) is 0 Å². The maximum Gasteiger partial charge on any atom is 0.251 e. The Morgan fingerprint density at radius 1 is 1.29 bits per heavy atom. The third kappa shape index (κ3) is 5.29. The molecule has 1 aromatic rings. The van der Waals surface area contributed by atoms with E-state index < -0.39 is 0 Å². The van der Waals surface area contributed by atoms with Gasteiger partial charge in [0.05, 0.1) is 12.3 Å². The maximum atomic E-state index is 12.0. The predicted molar refractivity (Wildman–Crippen MR) is 85.6 cm³/mol. The number of ether oxygens (including phenoxy) is 1. The van der Waals surface area contributed by atoms with E-state index in [-0.39, 0.29) is 5.91 Å². The summed E-state index contributed by atoms with van der Waals surface area (Å²) in [5.74, 6) is 0.583. The fraction of sp³-hybridized carbons (Fsp3) is 0.588. The molecule has 1 aliphatic carbocycles. The van der Waals surface area contributed by atoms with E-state index >= 15 is 0 Å². The van der Waals surface area contributed by atoms with Gasteiger partial charge in [-0.25, -0.2) is 0 Å². The molecule has 0 atom stereocenters. The molecule has 1 fully saturated rings. The zero-order chi connectivity index (χ0) is 15.1. The van der Waals surface area contributed by atoms with Gasteiger partial charge in [-0.3, -0.25) is 4.79 Å². The molecule has 0 heterocycles. The van der Waals surface area contributed by atoms with Crippen LogP contribution in [0.25, 0.3) is 0 Å². The number of amides is 1. The van der Waals surface area contributed by atoms with Crippen LogP contribution in [0, 0.1) is 0 Å². The number of benzene rings is 1. The van der Waals surface area contributed by atoms with Crippen molar-refractivity contribution in [2.75, 3.05) is 12.3 Å². The molecule has 3 N–H and O–H groups in total. The molecular formula is C17H26N2O2. The molecular weight excluding hydrogens is 264 g/mol. The molecule has 0 unspecified atom stereocenters. The fourth-order valence-corrected chi connectivity index (χ4v) is 2.18. The number of hydrogen-bond donors (Lipinski definition) is 2. The Bertz CT molecular complexity index is 470. The molecule has 1 amide bonds. The first-order valence-corrected chi connectivity index (χ1v) is 8.04. The van der Waals surface area contributed by atoms with E-state index in [0.29, 0.717) is 29.6 Å². The van der Waals surface area contributed by atoms with Crippen molar-refractivity contribution in [1.82, 2.24) is 5.32 Å². The minimum absolute atomic E-state index is 0.0368. The van der Waals surface area contributed by atoms with Gasteiger partial charge in [0.25, 0.3) is 5.91 Å². The van der Waals surface area contributed by atoms with Crippen LogP contribution in [-0.4, -0.2) is 18.6 Å². The van der Waals surface area contributed by atoms with Crippen LogP contribution in [0.15, 0.2) is 18.2 Å². The summed E-state index contributed by atoms with van der Waals surface area (Å²) in [6, 6.07) is 5.60. The van der Waals surface area contributed by atoms with Gasteiger partial charge in [-0.15, -0.1) is 0 Å². The number of nitrogen functional groups attached to an aromatic ring is 1. The SMILES string of the molecule is CCCCCCCOc1cc(C(=O)NC2CC2)ccc1N. The van der Waals surface area contributed by atoms with Gasteiger partial charge in [0.1, 0.15) is 5.75 Å². The minimum atomic E-state index is -0.0368. The smallest absolute Gasteiger partial charge is 0.251 e. The number of anilines is 1. The van der Waals surface area contributed by atoms with E-state index in [1.807, 2.05) is 0 Å². The Morgan fingerprint density at radius 3 is 2.76 bits per heavy atom. The van der Waals surface area contributed by atoms with Crippen molar-refractivity contribution in [1.29, 1.82) is 0 Å². The topological polar surface area (TPSA) is 64.3 Å². The number of carbonyl (C=O) groups is 1. The van der Waals surface area contributed by atoms with Gasteiger partial charge < -0.3 is 15.8 Å². The summed E-state index contributed by atoms with van der Waals surface area (Å²) in [7, 11) is 0. The predicted octanol–water partition coefficient (Wildman–Crippen LogP) is 3.51. The summed E-state index contributed by atoms with van der Waals surface area (Å²) in [6.45, 7) is 2.86. The zero-order valence-electron chi connectivity index (χ0n) is 12.9. The Kier molecular flexibility index (Phi) is 5.90. The van der Waals surface area contributed by atoms with E-state index in [2.05, 4.69) is 12.2 Å². The second-order valence-corrected chi connectivity index (χ2v) is 5.76. The number of unbranched alkanes of at least 4 members (excludes halogenated alkanes) is 4. The Labute approximate surface area is 127 Å². The molecule has 0 bridgehead atoms. The van der Waals surface area contributed by atoms with Crippen molar-refractivity contribution in [3.05, 3.63) is 23.8 Å². The van der Waals surface area contributed by atoms with E-state index in [4.69, 9.17) is 10.5 Å². The molecule has 4 heteroatoms. The lowest BCUT2D eigenvalue weighted by Crippen LogP contribution is -2.25.